The fourth-order valence-electron chi connectivity index (χ4n) is 3.01. The molecule has 0 spiro atoms. The SMILES string of the molecule is O=C(Nc1cccc(Cn2cc(Br)cn2)c1)c1ccc(COc2ccccc2[N+](=O)[O-])o1. The van der Waals surface area contributed by atoms with Crippen molar-refractivity contribution in [2.75, 3.05) is 5.32 Å². The summed E-state index contributed by atoms with van der Waals surface area (Å²) >= 11 is 3.37. The number of nitro groups is 1. The number of ether oxygens (including phenoxy) is 1. The van der Waals surface area contributed by atoms with Crippen LogP contribution in [0.15, 0.2) is 81.9 Å². The Bertz CT molecular complexity index is 1270. The summed E-state index contributed by atoms with van der Waals surface area (Å²) < 4.78 is 13.7. The van der Waals surface area contributed by atoms with Gasteiger partial charge in [-0.25, -0.2) is 0 Å². The van der Waals surface area contributed by atoms with Gasteiger partial charge in [0.15, 0.2) is 11.5 Å². The molecule has 0 fully saturated rings. The summed E-state index contributed by atoms with van der Waals surface area (Å²) in [6, 6.07) is 16.6. The number of rotatable bonds is 8. The number of carbonyl (C=O) groups excluding carboxylic acids is 1. The van der Waals surface area contributed by atoms with Gasteiger partial charge < -0.3 is 14.5 Å². The van der Waals surface area contributed by atoms with E-state index in [2.05, 4.69) is 26.3 Å². The minimum Gasteiger partial charge on any atom is -0.479 e. The van der Waals surface area contributed by atoms with E-state index in [-0.39, 0.29) is 23.8 Å². The van der Waals surface area contributed by atoms with Crippen LogP contribution in [0.25, 0.3) is 0 Å². The number of nitrogens with zero attached hydrogens (tertiary/aromatic N) is 3. The minimum atomic E-state index is -0.518. The van der Waals surface area contributed by atoms with Gasteiger partial charge in [-0.15, -0.1) is 0 Å². The fourth-order valence-corrected chi connectivity index (χ4v) is 3.34. The summed E-state index contributed by atoms with van der Waals surface area (Å²) in [6.45, 7) is 0.510. The standard InChI is InChI=1S/C22H17BrN4O5/c23-16-11-24-26(13-16)12-15-4-3-5-17(10-15)25-22(28)21-9-8-18(32-21)14-31-20-7-2-1-6-19(20)27(29)30/h1-11,13H,12,14H2,(H,25,28). The molecular formula is C22H17BrN4O5. The molecule has 1 N–H and O–H groups in total. The van der Waals surface area contributed by atoms with E-state index >= 15 is 0 Å². The van der Waals surface area contributed by atoms with Crippen molar-refractivity contribution in [1.29, 1.82) is 0 Å². The van der Waals surface area contributed by atoms with E-state index in [9.17, 15) is 14.9 Å². The topological polar surface area (TPSA) is 112 Å². The number of furan rings is 1. The summed E-state index contributed by atoms with van der Waals surface area (Å²) in [5.41, 5.74) is 1.45. The van der Waals surface area contributed by atoms with Crippen LogP contribution in [-0.4, -0.2) is 20.6 Å². The van der Waals surface area contributed by atoms with E-state index in [1.807, 2.05) is 24.4 Å². The molecule has 0 aliphatic carbocycles. The van der Waals surface area contributed by atoms with Gasteiger partial charge in [-0.3, -0.25) is 19.6 Å². The van der Waals surface area contributed by atoms with Crippen LogP contribution in [0.3, 0.4) is 0 Å². The molecule has 2 aromatic heterocycles. The second-order valence-electron chi connectivity index (χ2n) is 6.79. The third kappa shape index (κ3) is 5.22. The van der Waals surface area contributed by atoms with E-state index in [0.717, 1.165) is 10.0 Å². The van der Waals surface area contributed by atoms with Gasteiger partial charge in [-0.1, -0.05) is 24.3 Å². The molecule has 0 unspecified atom stereocenters. The van der Waals surface area contributed by atoms with Crippen molar-refractivity contribution in [3.8, 4) is 5.75 Å². The fraction of sp³-hybridized carbons (Fsp3) is 0.0909. The van der Waals surface area contributed by atoms with E-state index in [1.54, 1.807) is 35.1 Å². The molecule has 0 bridgehead atoms. The zero-order chi connectivity index (χ0) is 22.5. The number of nitrogens with one attached hydrogen (secondary N) is 1. The Morgan fingerprint density at radius 2 is 2.03 bits per heavy atom. The van der Waals surface area contributed by atoms with Crippen molar-refractivity contribution in [3.63, 3.8) is 0 Å². The zero-order valence-electron chi connectivity index (χ0n) is 16.6. The van der Waals surface area contributed by atoms with Gasteiger partial charge in [0.25, 0.3) is 5.91 Å². The Morgan fingerprint density at radius 3 is 2.81 bits per heavy atom. The van der Waals surface area contributed by atoms with E-state index in [4.69, 9.17) is 9.15 Å². The van der Waals surface area contributed by atoms with Gasteiger partial charge in [-0.2, -0.15) is 5.10 Å². The Morgan fingerprint density at radius 1 is 1.19 bits per heavy atom. The number of benzene rings is 2. The number of aromatic nitrogens is 2. The number of nitro benzene ring substituents is 1. The largest absolute Gasteiger partial charge is 0.479 e. The maximum absolute atomic E-state index is 12.6. The van der Waals surface area contributed by atoms with E-state index in [1.165, 1.54) is 18.2 Å². The monoisotopic (exact) mass is 496 g/mol. The Balaban J connectivity index is 1.38. The summed E-state index contributed by atoms with van der Waals surface area (Å²) in [4.78, 5) is 23.1. The van der Waals surface area contributed by atoms with Crippen molar-refractivity contribution in [1.82, 2.24) is 9.78 Å². The van der Waals surface area contributed by atoms with Crippen molar-refractivity contribution in [3.05, 3.63) is 105 Å². The lowest BCUT2D eigenvalue weighted by Gasteiger charge is -2.07. The van der Waals surface area contributed by atoms with Crippen LogP contribution in [0.4, 0.5) is 11.4 Å². The van der Waals surface area contributed by atoms with Gasteiger partial charge in [0, 0.05) is 18.0 Å². The number of halogens is 1. The lowest BCUT2D eigenvalue weighted by molar-refractivity contribution is -0.386. The number of carbonyl (C=O) groups is 1. The Labute approximate surface area is 190 Å². The number of anilines is 1. The zero-order valence-corrected chi connectivity index (χ0v) is 18.2. The predicted octanol–water partition coefficient (Wildman–Crippen LogP) is 5.03. The van der Waals surface area contributed by atoms with E-state index < -0.39 is 10.8 Å². The Hall–Kier alpha value is -3.92. The molecule has 0 aliphatic rings. The van der Waals surface area contributed by atoms with Crippen LogP contribution < -0.4 is 10.1 Å². The first-order chi connectivity index (χ1) is 15.5. The molecule has 0 aliphatic heterocycles. The lowest BCUT2D eigenvalue weighted by atomic mass is 10.2. The molecule has 32 heavy (non-hydrogen) atoms. The molecule has 0 atom stereocenters. The highest BCUT2D eigenvalue weighted by molar-refractivity contribution is 9.10. The molecule has 1 amide bonds. The molecule has 2 heterocycles. The highest BCUT2D eigenvalue weighted by Gasteiger charge is 2.16. The first-order valence-electron chi connectivity index (χ1n) is 9.51. The number of amides is 1. The van der Waals surface area contributed by atoms with Crippen molar-refractivity contribution < 1.29 is 18.9 Å². The third-order valence-electron chi connectivity index (χ3n) is 4.45. The molecule has 0 saturated heterocycles. The second-order valence-corrected chi connectivity index (χ2v) is 7.71. The summed E-state index contributed by atoms with van der Waals surface area (Å²) in [7, 11) is 0. The van der Waals surface area contributed by atoms with Crippen LogP contribution in [0.2, 0.25) is 0 Å². The molecule has 4 rings (SSSR count). The highest BCUT2D eigenvalue weighted by Crippen LogP contribution is 2.27. The lowest BCUT2D eigenvalue weighted by Crippen LogP contribution is -2.11. The molecule has 162 valence electrons. The van der Waals surface area contributed by atoms with Crippen LogP contribution in [0.5, 0.6) is 5.75 Å². The maximum Gasteiger partial charge on any atom is 0.310 e. The molecule has 4 aromatic rings. The van der Waals surface area contributed by atoms with Gasteiger partial charge >= 0.3 is 5.69 Å². The molecule has 2 aromatic carbocycles. The molecule has 0 saturated carbocycles. The summed E-state index contributed by atoms with van der Waals surface area (Å²) in [5, 5.41) is 18.1. The van der Waals surface area contributed by atoms with Gasteiger partial charge in [0.1, 0.15) is 12.4 Å². The first kappa shape index (κ1) is 21.3. The van der Waals surface area contributed by atoms with Gasteiger partial charge in [0.05, 0.1) is 22.1 Å². The van der Waals surface area contributed by atoms with E-state index in [0.29, 0.717) is 18.0 Å². The van der Waals surface area contributed by atoms with Crippen molar-refractivity contribution in [2.24, 2.45) is 0 Å². The summed E-state index contributed by atoms with van der Waals surface area (Å²) in [5.74, 6) is 0.181. The maximum atomic E-state index is 12.6. The highest BCUT2D eigenvalue weighted by atomic mass is 79.9. The average Bonchev–Trinajstić information content (AvgIpc) is 3.41. The normalized spacial score (nSPS) is 10.7. The molecular weight excluding hydrogens is 480 g/mol. The molecule has 10 heteroatoms. The number of hydrogen-bond acceptors (Lipinski definition) is 6. The van der Waals surface area contributed by atoms with Crippen LogP contribution in [0, 0.1) is 10.1 Å². The Kier molecular flexibility index (Phi) is 6.31. The van der Waals surface area contributed by atoms with Crippen LogP contribution in [0.1, 0.15) is 21.9 Å². The second kappa shape index (κ2) is 9.48. The third-order valence-corrected chi connectivity index (χ3v) is 4.86. The van der Waals surface area contributed by atoms with Gasteiger partial charge in [0.2, 0.25) is 0 Å². The smallest absolute Gasteiger partial charge is 0.310 e. The quantitative estimate of drug-likeness (QED) is 0.270. The minimum absolute atomic E-state index is 0.0486. The average molecular weight is 497 g/mol. The summed E-state index contributed by atoms with van der Waals surface area (Å²) in [6.07, 6.45) is 3.57. The van der Waals surface area contributed by atoms with Crippen molar-refractivity contribution >= 4 is 33.2 Å². The number of hydrogen-bond donors (Lipinski definition) is 1. The predicted molar refractivity (Wildman–Crippen MR) is 120 cm³/mol. The first-order valence-corrected chi connectivity index (χ1v) is 10.3. The number of para-hydroxylation sites is 2. The van der Waals surface area contributed by atoms with Crippen LogP contribution in [-0.2, 0) is 13.2 Å². The molecule has 0 radical (unpaired) electrons. The van der Waals surface area contributed by atoms with Crippen LogP contribution >= 0.6 is 15.9 Å². The molecule has 9 nitrogen and oxygen atoms in total. The van der Waals surface area contributed by atoms with Crippen molar-refractivity contribution in [2.45, 2.75) is 13.2 Å². The van der Waals surface area contributed by atoms with Gasteiger partial charge in [-0.05, 0) is 51.8 Å².